The highest BCUT2D eigenvalue weighted by molar-refractivity contribution is 6.31. The van der Waals surface area contributed by atoms with E-state index in [1.165, 1.54) is 0 Å². The predicted molar refractivity (Wildman–Crippen MR) is 132 cm³/mol. The molecule has 180 valence electrons. The predicted octanol–water partition coefficient (Wildman–Crippen LogP) is 2.96. The van der Waals surface area contributed by atoms with Crippen LogP contribution in [-0.4, -0.2) is 76.5 Å². The van der Waals surface area contributed by atoms with Gasteiger partial charge in [-0.05, 0) is 37.5 Å². The lowest BCUT2D eigenvalue weighted by Crippen LogP contribution is -2.44. The lowest BCUT2D eigenvalue weighted by atomic mass is 9.89. The van der Waals surface area contributed by atoms with Gasteiger partial charge in [-0.15, -0.1) is 0 Å². The highest BCUT2D eigenvalue weighted by atomic mass is 35.5. The van der Waals surface area contributed by atoms with Crippen molar-refractivity contribution in [3.8, 4) is 5.88 Å². The number of morpholine rings is 1. The SMILES string of the molecule is Cc1[nH]c2c(c1C(=O)NCC(O)CN1CCOCC1)CCC=C2c1c(O)[nH]c2cc(Cl)ccc12. The Labute approximate surface area is 202 Å². The van der Waals surface area contributed by atoms with Gasteiger partial charge in [-0.2, -0.15) is 0 Å². The van der Waals surface area contributed by atoms with Crippen LogP contribution in [-0.2, 0) is 11.2 Å². The Morgan fingerprint density at radius 2 is 2.09 bits per heavy atom. The maximum atomic E-state index is 13.1. The fraction of sp³-hybridized carbons (Fsp3) is 0.400. The summed E-state index contributed by atoms with van der Waals surface area (Å²) in [5.74, 6) is -0.131. The number of benzene rings is 1. The van der Waals surface area contributed by atoms with E-state index in [1.807, 2.05) is 13.0 Å². The van der Waals surface area contributed by atoms with Crippen LogP contribution in [0.3, 0.4) is 0 Å². The molecule has 2 aliphatic rings. The second-order valence-electron chi connectivity index (χ2n) is 8.95. The number of fused-ring (bicyclic) bond motifs is 2. The number of carbonyl (C=O) groups excluding carboxylic acids is 1. The van der Waals surface area contributed by atoms with Gasteiger partial charge in [-0.1, -0.05) is 23.7 Å². The lowest BCUT2D eigenvalue weighted by Gasteiger charge is -2.28. The Morgan fingerprint density at radius 1 is 1.29 bits per heavy atom. The normalized spacial score (nSPS) is 17.4. The van der Waals surface area contributed by atoms with Crippen molar-refractivity contribution in [1.82, 2.24) is 20.2 Å². The van der Waals surface area contributed by atoms with Crippen LogP contribution in [0, 0.1) is 6.92 Å². The number of aryl methyl sites for hydroxylation is 1. The average Bonchev–Trinajstić information content (AvgIpc) is 3.32. The van der Waals surface area contributed by atoms with E-state index in [1.54, 1.807) is 12.1 Å². The topological polar surface area (TPSA) is 114 Å². The summed E-state index contributed by atoms with van der Waals surface area (Å²) >= 11 is 6.12. The molecular formula is C25H29ClN4O4. The summed E-state index contributed by atoms with van der Waals surface area (Å²) in [6.45, 7) is 5.48. The zero-order chi connectivity index (χ0) is 23.8. The molecule has 34 heavy (non-hydrogen) atoms. The second-order valence-corrected chi connectivity index (χ2v) is 9.39. The molecule has 1 unspecified atom stereocenters. The van der Waals surface area contributed by atoms with Gasteiger partial charge in [0.1, 0.15) is 0 Å². The van der Waals surface area contributed by atoms with Gasteiger partial charge in [0.15, 0.2) is 5.88 Å². The number of amides is 1. The minimum atomic E-state index is -0.650. The number of halogens is 1. The number of aromatic nitrogens is 2. The van der Waals surface area contributed by atoms with Crippen molar-refractivity contribution in [1.29, 1.82) is 0 Å². The molecule has 0 spiro atoms. The first-order chi connectivity index (χ1) is 16.4. The molecule has 1 aromatic carbocycles. The van der Waals surface area contributed by atoms with Gasteiger partial charge in [0, 0.05) is 47.9 Å². The molecule has 9 heteroatoms. The molecule has 0 saturated carbocycles. The van der Waals surface area contributed by atoms with Crippen molar-refractivity contribution < 1.29 is 19.7 Å². The Kier molecular flexibility index (Phi) is 6.40. The Hall–Kier alpha value is -2.78. The van der Waals surface area contributed by atoms with E-state index >= 15 is 0 Å². The largest absolute Gasteiger partial charge is 0.494 e. The van der Waals surface area contributed by atoms with Crippen LogP contribution in [0.2, 0.25) is 5.02 Å². The second kappa shape index (κ2) is 9.46. The molecule has 8 nitrogen and oxygen atoms in total. The number of hydrogen-bond donors (Lipinski definition) is 5. The monoisotopic (exact) mass is 484 g/mol. The number of carbonyl (C=O) groups is 1. The van der Waals surface area contributed by atoms with Crippen LogP contribution in [0.4, 0.5) is 0 Å². The fourth-order valence-corrected chi connectivity index (χ4v) is 5.20. The van der Waals surface area contributed by atoms with E-state index in [0.29, 0.717) is 35.9 Å². The smallest absolute Gasteiger partial charge is 0.253 e. The molecule has 5 N–H and O–H groups in total. The maximum Gasteiger partial charge on any atom is 0.253 e. The number of β-amino-alcohol motifs (C(OH)–C–C–N with tert-alkyl or cyclic N) is 1. The number of rotatable bonds is 6. The quantitative estimate of drug-likeness (QED) is 0.369. The Bertz CT molecular complexity index is 1260. The highest BCUT2D eigenvalue weighted by Gasteiger charge is 2.28. The number of aromatic hydroxyl groups is 1. The van der Waals surface area contributed by atoms with Gasteiger partial charge in [-0.25, -0.2) is 0 Å². The lowest BCUT2D eigenvalue weighted by molar-refractivity contribution is 0.0149. The molecule has 1 saturated heterocycles. The third-order valence-electron chi connectivity index (χ3n) is 6.61. The van der Waals surface area contributed by atoms with Crippen LogP contribution >= 0.6 is 11.6 Å². The first-order valence-electron chi connectivity index (χ1n) is 11.6. The summed E-state index contributed by atoms with van der Waals surface area (Å²) in [6, 6.07) is 5.47. The highest BCUT2D eigenvalue weighted by Crippen LogP contribution is 2.41. The zero-order valence-electron chi connectivity index (χ0n) is 19.1. The average molecular weight is 485 g/mol. The molecule has 3 aromatic rings. The van der Waals surface area contributed by atoms with Crippen molar-refractivity contribution in [2.75, 3.05) is 39.4 Å². The minimum Gasteiger partial charge on any atom is -0.494 e. The standard InChI is InChI=1S/C25H29ClN4O4/c1-14-21(24(32)27-12-16(31)13-30-7-9-34-10-8-30)18-3-2-4-19(23(18)28-14)22-17-6-5-15(26)11-20(17)29-25(22)33/h4-6,11,16,28-29,31,33H,2-3,7-10,12-13H2,1H3,(H,27,32). The Balaban J connectivity index is 1.37. The number of ether oxygens (including phenoxy) is 1. The van der Waals surface area contributed by atoms with E-state index in [-0.39, 0.29) is 18.3 Å². The molecule has 0 radical (unpaired) electrons. The summed E-state index contributed by atoms with van der Waals surface area (Å²) in [5.41, 5.74) is 5.46. The molecule has 1 fully saturated rings. The first-order valence-corrected chi connectivity index (χ1v) is 12.0. The number of aromatic amines is 2. The van der Waals surface area contributed by atoms with Gasteiger partial charge in [-0.3, -0.25) is 9.69 Å². The first kappa shape index (κ1) is 23.0. The van der Waals surface area contributed by atoms with Crippen molar-refractivity contribution >= 4 is 34.0 Å². The molecular weight excluding hydrogens is 456 g/mol. The molecule has 2 aromatic heterocycles. The molecule has 1 amide bonds. The number of aliphatic hydroxyl groups excluding tert-OH is 1. The molecule has 5 rings (SSSR count). The van der Waals surface area contributed by atoms with Crippen LogP contribution in [0.15, 0.2) is 24.3 Å². The van der Waals surface area contributed by atoms with Gasteiger partial charge < -0.3 is 30.2 Å². The van der Waals surface area contributed by atoms with Gasteiger partial charge in [0.25, 0.3) is 5.91 Å². The van der Waals surface area contributed by atoms with Crippen molar-refractivity contribution in [3.63, 3.8) is 0 Å². The number of hydrogen-bond acceptors (Lipinski definition) is 5. The van der Waals surface area contributed by atoms with Crippen LogP contribution < -0.4 is 5.32 Å². The summed E-state index contributed by atoms with van der Waals surface area (Å²) in [5, 5.41) is 25.5. The third-order valence-corrected chi connectivity index (χ3v) is 6.85. The summed E-state index contributed by atoms with van der Waals surface area (Å²) < 4.78 is 5.34. The van der Waals surface area contributed by atoms with Crippen LogP contribution in [0.5, 0.6) is 5.88 Å². The van der Waals surface area contributed by atoms with E-state index in [0.717, 1.165) is 59.4 Å². The van der Waals surface area contributed by atoms with E-state index in [9.17, 15) is 15.0 Å². The molecule has 1 aliphatic carbocycles. The molecule has 0 bridgehead atoms. The molecule has 1 aliphatic heterocycles. The number of aliphatic hydroxyl groups is 1. The van der Waals surface area contributed by atoms with E-state index in [2.05, 4.69) is 26.3 Å². The van der Waals surface area contributed by atoms with Crippen molar-refractivity contribution in [3.05, 3.63) is 57.4 Å². The fourth-order valence-electron chi connectivity index (χ4n) is 5.03. The number of nitrogens with one attached hydrogen (secondary N) is 3. The number of nitrogens with zero attached hydrogens (tertiary/aromatic N) is 1. The summed E-state index contributed by atoms with van der Waals surface area (Å²) in [4.78, 5) is 21.7. The maximum absolute atomic E-state index is 13.1. The number of H-pyrrole nitrogens is 2. The third kappa shape index (κ3) is 4.34. The number of allylic oxidation sites excluding steroid dienone is 1. The van der Waals surface area contributed by atoms with Gasteiger partial charge >= 0.3 is 0 Å². The van der Waals surface area contributed by atoms with E-state index < -0.39 is 6.10 Å². The van der Waals surface area contributed by atoms with Crippen molar-refractivity contribution in [2.45, 2.75) is 25.9 Å². The summed E-state index contributed by atoms with van der Waals surface area (Å²) in [6.07, 6.45) is 2.90. The molecule has 3 heterocycles. The Morgan fingerprint density at radius 3 is 2.88 bits per heavy atom. The summed E-state index contributed by atoms with van der Waals surface area (Å²) in [7, 11) is 0. The van der Waals surface area contributed by atoms with Gasteiger partial charge in [0.05, 0.1) is 41.7 Å². The van der Waals surface area contributed by atoms with Gasteiger partial charge in [0.2, 0.25) is 0 Å². The van der Waals surface area contributed by atoms with Crippen LogP contribution in [0.25, 0.3) is 16.5 Å². The molecule has 1 atom stereocenters. The van der Waals surface area contributed by atoms with Crippen molar-refractivity contribution in [2.24, 2.45) is 0 Å². The van der Waals surface area contributed by atoms with Crippen LogP contribution in [0.1, 0.15) is 39.3 Å². The minimum absolute atomic E-state index is 0.0702. The zero-order valence-corrected chi connectivity index (χ0v) is 19.8. The van der Waals surface area contributed by atoms with E-state index in [4.69, 9.17) is 16.3 Å².